The number of aromatic nitrogens is 1. The van der Waals surface area contributed by atoms with Crippen molar-refractivity contribution in [1.29, 1.82) is 5.26 Å². The minimum absolute atomic E-state index is 0.00997. The number of hydrazine groups is 1. The van der Waals surface area contributed by atoms with Crippen LogP contribution < -0.4 is 5.43 Å². The van der Waals surface area contributed by atoms with Gasteiger partial charge in [0.25, 0.3) is 0 Å². The van der Waals surface area contributed by atoms with E-state index in [2.05, 4.69) is 47.4 Å². The lowest BCUT2D eigenvalue weighted by Gasteiger charge is -2.17. The molecule has 27 heavy (non-hydrogen) atoms. The summed E-state index contributed by atoms with van der Waals surface area (Å²) in [7, 11) is 0. The molecule has 1 aliphatic heterocycles. The zero-order valence-corrected chi connectivity index (χ0v) is 15.8. The van der Waals surface area contributed by atoms with Gasteiger partial charge in [-0.2, -0.15) is 5.26 Å². The number of nitrogens with zero attached hydrogens (tertiary/aromatic N) is 3. The normalized spacial score (nSPS) is 16.4. The SMILES string of the molecule is CC#Cc1cc(C)c(C2CN(Cc3ccc(C#N)cn3)NC2=O)c(CC)c1. The fraction of sp³-hybridized carbons (Fsp3) is 0.318. The van der Waals surface area contributed by atoms with Gasteiger partial charge in [0.2, 0.25) is 5.91 Å². The van der Waals surface area contributed by atoms with Crippen molar-refractivity contribution in [1.82, 2.24) is 15.4 Å². The summed E-state index contributed by atoms with van der Waals surface area (Å²) in [4.78, 5) is 17.0. The lowest BCUT2D eigenvalue weighted by atomic mass is 9.87. The van der Waals surface area contributed by atoms with E-state index < -0.39 is 0 Å². The maximum Gasteiger partial charge on any atom is 0.243 e. The van der Waals surface area contributed by atoms with Gasteiger partial charge in [0, 0.05) is 18.3 Å². The fourth-order valence-electron chi connectivity index (χ4n) is 3.57. The molecule has 1 saturated heterocycles. The van der Waals surface area contributed by atoms with Gasteiger partial charge in [-0.05, 0) is 61.2 Å². The number of amides is 1. The number of carbonyl (C=O) groups is 1. The summed E-state index contributed by atoms with van der Waals surface area (Å²) in [6.45, 7) is 7.08. The van der Waals surface area contributed by atoms with Gasteiger partial charge in [0.1, 0.15) is 6.07 Å². The van der Waals surface area contributed by atoms with E-state index in [0.717, 1.165) is 28.8 Å². The van der Waals surface area contributed by atoms with Crippen molar-refractivity contribution in [2.45, 2.75) is 39.7 Å². The molecule has 3 rings (SSSR count). The molecule has 1 fully saturated rings. The van der Waals surface area contributed by atoms with Crippen molar-refractivity contribution in [2.75, 3.05) is 6.54 Å². The number of aryl methyl sites for hydroxylation is 2. The monoisotopic (exact) mass is 358 g/mol. The van der Waals surface area contributed by atoms with Gasteiger partial charge < -0.3 is 0 Å². The molecule has 1 atom stereocenters. The van der Waals surface area contributed by atoms with Crippen molar-refractivity contribution < 1.29 is 4.79 Å². The maximum atomic E-state index is 12.7. The molecule has 0 saturated carbocycles. The molecule has 5 heteroatoms. The van der Waals surface area contributed by atoms with Crippen molar-refractivity contribution in [3.05, 3.63) is 64.0 Å². The minimum Gasteiger partial charge on any atom is -0.288 e. The van der Waals surface area contributed by atoms with Crippen LogP contribution in [0.15, 0.2) is 30.5 Å². The third-order valence-electron chi connectivity index (χ3n) is 4.77. The highest BCUT2D eigenvalue weighted by atomic mass is 16.2. The van der Waals surface area contributed by atoms with Crippen molar-refractivity contribution in [2.24, 2.45) is 0 Å². The Morgan fingerprint density at radius 1 is 1.33 bits per heavy atom. The molecular formula is C22H22N4O. The molecular weight excluding hydrogens is 336 g/mol. The molecule has 0 spiro atoms. The van der Waals surface area contributed by atoms with Gasteiger partial charge in [0.05, 0.1) is 23.7 Å². The maximum absolute atomic E-state index is 12.7. The Balaban J connectivity index is 1.82. The molecule has 0 bridgehead atoms. The Kier molecular flexibility index (Phi) is 5.54. The summed E-state index contributed by atoms with van der Waals surface area (Å²) in [5.74, 6) is 5.85. The topological polar surface area (TPSA) is 69.0 Å². The van der Waals surface area contributed by atoms with E-state index in [1.54, 1.807) is 12.3 Å². The smallest absolute Gasteiger partial charge is 0.243 e. The van der Waals surface area contributed by atoms with E-state index in [1.165, 1.54) is 5.56 Å². The predicted molar refractivity (Wildman–Crippen MR) is 103 cm³/mol. The molecule has 1 N–H and O–H groups in total. The number of pyridine rings is 1. The Bertz CT molecular complexity index is 961. The van der Waals surface area contributed by atoms with E-state index in [0.29, 0.717) is 18.7 Å². The fourth-order valence-corrected chi connectivity index (χ4v) is 3.57. The Labute approximate surface area is 160 Å². The molecule has 136 valence electrons. The summed E-state index contributed by atoms with van der Waals surface area (Å²) in [6, 6.07) is 9.77. The molecule has 0 radical (unpaired) electrons. The Morgan fingerprint density at radius 3 is 2.78 bits per heavy atom. The van der Waals surface area contributed by atoms with Crippen LogP contribution in [0.2, 0.25) is 0 Å². The van der Waals surface area contributed by atoms with Gasteiger partial charge in [-0.15, -0.1) is 5.92 Å². The van der Waals surface area contributed by atoms with Crippen LogP contribution in [0.25, 0.3) is 0 Å². The highest BCUT2D eigenvalue weighted by molar-refractivity contribution is 5.86. The molecule has 1 aliphatic rings. The van der Waals surface area contributed by atoms with Crippen LogP contribution in [-0.2, 0) is 17.8 Å². The zero-order chi connectivity index (χ0) is 19.4. The first-order valence-corrected chi connectivity index (χ1v) is 9.02. The highest BCUT2D eigenvalue weighted by Gasteiger charge is 2.34. The molecule has 1 aromatic heterocycles. The number of benzene rings is 1. The summed E-state index contributed by atoms with van der Waals surface area (Å²) in [6.07, 6.45) is 2.41. The van der Waals surface area contributed by atoms with E-state index in [9.17, 15) is 4.79 Å². The highest BCUT2D eigenvalue weighted by Crippen LogP contribution is 2.30. The molecule has 1 unspecified atom stereocenters. The minimum atomic E-state index is -0.207. The van der Waals surface area contributed by atoms with Gasteiger partial charge in [0.15, 0.2) is 0 Å². The quantitative estimate of drug-likeness (QED) is 0.854. The lowest BCUT2D eigenvalue weighted by Crippen LogP contribution is -2.32. The van der Waals surface area contributed by atoms with Crippen molar-refractivity contribution in [3.63, 3.8) is 0 Å². The first kappa shape index (κ1) is 18.6. The number of rotatable bonds is 4. The second-order valence-corrected chi connectivity index (χ2v) is 6.65. The van der Waals surface area contributed by atoms with Crippen LogP contribution in [0.5, 0.6) is 0 Å². The van der Waals surface area contributed by atoms with Crippen LogP contribution in [0.3, 0.4) is 0 Å². The Morgan fingerprint density at radius 2 is 2.15 bits per heavy atom. The zero-order valence-electron chi connectivity index (χ0n) is 15.8. The average Bonchev–Trinajstić information content (AvgIpc) is 3.01. The molecule has 5 nitrogen and oxygen atoms in total. The number of hydrogen-bond donors (Lipinski definition) is 1. The molecule has 0 aliphatic carbocycles. The largest absolute Gasteiger partial charge is 0.288 e. The molecule has 1 amide bonds. The first-order chi connectivity index (χ1) is 13.0. The van der Waals surface area contributed by atoms with Crippen LogP contribution in [0.4, 0.5) is 0 Å². The standard InChI is InChI=1S/C22H22N4O/c1-4-6-16-9-15(3)21(18(5-2)10-16)20-14-26(25-22(20)27)13-19-8-7-17(11-23)12-24-19/h7-10,12,20H,5,13-14H2,1-3H3,(H,25,27). The predicted octanol–water partition coefficient (Wildman–Crippen LogP) is 2.83. The van der Waals surface area contributed by atoms with Crippen molar-refractivity contribution >= 4 is 5.91 Å². The second-order valence-electron chi connectivity index (χ2n) is 6.65. The second kappa shape index (κ2) is 8.03. The van der Waals surface area contributed by atoms with Crippen LogP contribution in [0, 0.1) is 30.1 Å². The van der Waals surface area contributed by atoms with Gasteiger partial charge in [-0.3, -0.25) is 15.2 Å². The van der Waals surface area contributed by atoms with Gasteiger partial charge in [-0.25, -0.2) is 5.01 Å². The van der Waals surface area contributed by atoms with Crippen LogP contribution in [-0.4, -0.2) is 22.4 Å². The van der Waals surface area contributed by atoms with Gasteiger partial charge >= 0.3 is 0 Å². The third kappa shape index (κ3) is 4.00. The first-order valence-electron chi connectivity index (χ1n) is 9.02. The lowest BCUT2D eigenvalue weighted by molar-refractivity contribution is -0.122. The summed E-state index contributed by atoms with van der Waals surface area (Å²) >= 11 is 0. The third-order valence-corrected chi connectivity index (χ3v) is 4.77. The molecule has 1 aromatic carbocycles. The molecule has 2 heterocycles. The van der Waals surface area contributed by atoms with E-state index in [4.69, 9.17) is 5.26 Å². The Hall–Kier alpha value is -3.15. The van der Waals surface area contributed by atoms with Crippen LogP contribution in [0.1, 0.15) is 53.3 Å². The van der Waals surface area contributed by atoms with Crippen LogP contribution >= 0.6 is 0 Å². The van der Waals surface area contributed by atoms with Crippen molar-refractivity contribution in [3.8, 4) is 17.9 Å². The summed E-state index contributed by atoms with van der Waals surface area (Å²) in [5.41, 5.74) is 8.67. The number of nitrogens with one attached hydrogen (secondary N) is 1. The van der Waals surface area contributed by atoms with E-state index >= 15 is 0 Å². The van der Waals surface area contributed by atoms with E-state index in [-0.39, 0.29) is 11.8 Å². The van der Waals surface area contributed by atoms with E-state index in [1.807, 2.05) is 24.9 Å². The summed E-state index contributed by atoms with van der Waals surface area (Å²) in [5, 5.41) is 10.8. The number of carbonyl (C=O) groups excluding carboxylic acids is 1. The number of nitriles is 1. The van der Waals surface area contributed by atoms with Gasteiger partial charge in [-0.1, -0.05) is 12.8 Å². The average molecular weight is 358 g/mol. The summed E-state index contributed by atoms with van der Waals surface area (Å²) < 4.78 is 0. The molecule has 2 aromatic rings. The number of hydrogen-bond acceptors (Lipinski definition) is 4.